The van der Waals surface area contributed by atoms with Gasteiger partial charge in [0.2, 0.25) is 5.83 Å². The maximum absolute atomic E-state index is 13.8. The van der Waals surface area contributed by atoms with Gasteiger partial charge in [0.15, 0.2) is 0 Å². The first kappa shape index (κ1) is 12.4. The first-order valence-corrected chi connectivity index (χ1v) is 8.99. The van der Waals surface area contributed by atoms with Crippen LogP contribution >= 0.6 is 0 Å². The summed E-state index contributed by atoms with van der Waals surface area (Å²) in [5.74, 6) is -1.37. The van der Waals surface area contributed by atoms with Crippen molar-refractivity contribution in [2.75, 3.05) is 6.61 Å². The molecule has 0 radical (unpaired) electrons. The summed E-state index contributed by atoms with van der Waals surface area (Å²) in [7, 11) is -1.73. The molecular weight excluding hydrogens is 211 g/mol. The molecule has 1 aliphatic rings. The number of cyclic esters (lactones) is 1. The lowest BCUT2D eigenvalue weighted by atomic mass is 10.2. The van der Waals surface area contributed by atoms with Crippen LogP contribution in [0.15, 0.2) is 11.0 Å². The maximum Gasteiger partial charge on any atom is 0.366 e. The van der Waals surface area contributed by atoms with Gasteiger partial charge in [-0.3, -0.25) is 0 Å². The monoisotopic (exact) mass is 230 g/mol. The molecule has 0 amide bonds. The summed E-state index contributed by atoms with van der Waals surface area (Å²) in [5, 5.41) is 0.731. The number of allylic oxidation sites excluding steroid dienone is 1. The Morgan fingerprint density at radius 2 is 1.87 bits per heavy atom. The third-order valence-electron chi connectivity index (χ3n) is 2.65. The molecule has 86 valence electrons. The highest BCUT2D eigenvalue weighted by Crippen LogP contribution is 2.27. The molecule has 0 spiro atoms. The van der Waals surface area contributed by atoms with Crippen LogP contribution in [0.25, 0.3) is 0 Å². The molecule has 0 atom stereocenters. The second-order valence-corrected chi connectivity index (χ2v) is 10.1. The van der Waals surface area contributed by atoms with Crippen molar-refractivity contribution in [1.82, 2.24) is 0 Å². The highest BCUT2D eigenvalue weighted by Gasteiger charge is 2.28. The van der Waals surface area contributed by atoms with Gasteiger partial charge in [-0.1, -0.05) is 19.6 Å². The normalized spacial score (nSPS) is 25.2. The van der Waals surface area contributed by atoms with E-state index in [1.807, 2.05) is 0 Å². The number of hydrogen-bond acceptors (Lipinski definition) is 2. The summed E-state index contributed by atoms with van der Waals surface area (Å²) in [6.45, 7) is 6.54. The molecule has 0 N–H and O–H groups in total. The molecule has 0 unspecified atom stereocenters. The van der Waals surface area contributed by atoms with Gasteiger partial charge in [-0.25, -0.2) is 4.79 Å². The van der Waals surface area contributed by atoms with Crippen molar-refractivity contribution in [2.45, 2.75) is 45.3 Å². The Bertz CT molecular complexity index is 279. The van der Waals surface area contributed by atoms with Crippen LogP contribution in [0, 0.1) is 0 Å². The van der Waals surface area contributed by atoms with Gasteiger partial charge in [0.05, 0.1) is 14.7 Å². The van der Waals surface area contributed by atoms with E-state index in [4.69, 9.17) is 4.74 Å². The molecule has 1 aliphatic heterocycles. The molecule has 0 fully saturated rings. The maximum atomic E-state index is 13.8. The summed E-state index contributed by atoms with van der Waals surface area (Å²) >= 11 is 0. The van der Waals surface area contributed by atoms with Gasteiger partial charge in [0.25, 0.3) is 0 Å². The quantitative estimate of drug-likeness (QED) is 0.511. The van der Waals surface area contributed by atoms with E-state index < -0.39 is 19.9 Å². The van der Waals surface area contributed by atoms with Crippen LogP contribution in [0.1, 0.15) is 25.7 Å². The van der Waals surface area contributed by atoms with Gasteiger partial charge in [-0.2, -0.15) is 4.39 Å². The average molecular weight is 230 g/mol. The summed E-state index contributed by atoms with van der Waals surface area (Å²) in [5.41, 5.74) is 0. The second-order valence-electron chi connectivity index (χ2n) is 4.99. The van der Waals surface area contributed by atoms with E-state index in [1.165, 1.54) is 0 Å². The molecule has 0 saturated carbocycles. The lowest BCUT2D eigenvalue weighted by Crippen LogP contribution is -2.27. The van der Waals surface area contributed by atoms with Crippen molar-refractivity contribution in [3.63, 3.8) is 0 Å². The van der Waals surface area contributed by atoms with Crippen molar-refractivity contribution in [2.24, 2.45) is 0 Å². The van der Waals surface area contributed by atoms with Crippen LogP contribution in [-0.2, 0) is 9.53 Å². The topological polar surface area (TPSA) is 26.3 Å². The van der Waals surface area contributed by atoms with E-state index >= 15 is 0 Å². The van der Waals surface area contributed by atoms with Crippen LogP contribution in [0.4, 0.5) is 4.39 Å². The van der Waals surface area contributed by atoms with Crippen LogP contribution in [0.5, 0.6) is 0 Å². The third-order valence-corrected chi connectivity index (χ3v) is 4.93. The van der Waals surface area contributed by atoms with Crippen molar-refractivity contribution < 1.29 is 13.9 Å². The van der Waals surface area contributed by atoms with Gasteiger partial charge >= 0.3 is 5.97 Å². The number of hydrogen-bond donors (Lipinski definition) is 0. The number of rotatable bonds is 1. The fraction of sp³-hybridized carbons (Fsp3) is 0.727. The van der Waals surface area contributed by atoms with E-state index in [2.05, 4.69) is 19.6 Å². The van der Waals surface area contributed by atoms with E-state index in [-0.39, 0.29) is 0 Å². The molecule has 0 bridgehead atoms. The zero-order chi connectivity index (χ0) is 11.5. The number of ether oxygens (including phenoxy) is 1. The van der Waals surface area contributed by atoms with Crippen molar-refractivity contribution >= 4 is 14.0 Å². The van der Waals surface area contributed by atoms with Gasteiger partial charge in [0.1, 0.15) is 0 Å². The first-order chi connectivity index (χ1) is 6.93. The minimum atomic E-state index is -1.73. The van der Waals surface area contributed by atoms with E-state index in [0.717, 1.165) is 30.9 Å². The molecule has 2 nitrogen and oxygen atoms in total. The lowest BCUT2D eigenvalue weighted by molar-refractivity contribution is -0.140. The van der Waals surface area contributed by atoms with E-state index in [1.54, 1.807) is 0 Å². The largest absolute Gasteiger partial charge is 0.460 e. The van der Waals surface area contributed by atoms with Crippen LogP contribution in [0.3, 0.4) is 0 Å². The fourth-order valence-corrected chi connectivity index (χ4v) is 3.43. The highest BCUT2D eigenvalue weighted by atomic mass is 28.3. The van der Waals surface area contributed by atoms with Gasteiger partial charge in [-0.05, 0) is 30.9 Å². The van der Waals surface area contributed by atoms with Crippen LogP contribution < -0.4 is 0 Å². The van der Waals surface area contributed by atoms with Gasteiger partial charge in [-0.15, -0.1) is 0 Å². The molecular formula is C11H19FO2Si. The molecule has 4 heteroatoms. The SMILES string of the molecule is C[Si](C)(C)/C1=C(/F)C(=O)OCCCCC1. The van der Waals surface area contributed by atoms with Crippen molar-refractivity contribution in [3.05, 3.63) is 11.0 Å². The van der Waals surface area contributed by atoms with Crippen LogP contribution in [-0.4, -0.2) is 20.7 Å². The molecule has 0 aromatic carbocycles. The minimum Gasteiger partial charge on any atom is -0.460 e. The number of carbonyl (C=O) groups excluding carboxylic acids is 1. The second kappa shape index (κ2) is 4.92. The molecule has 15 heavy (non-hydrogen) atoms. The Morgan fingerprint density at radius 1 is 1.20 bits per heavy atom. The lowest BCUT2D eigenvalue weighted by Gasteiger charge is -2.20. The Hall–Kier alpha value is -0.643. The fourth-order valence-electron chi connectivity index (χ4n) is 1.75. The van der Waals surface area contributed by atoms with E-state index in [0.29, 0.717) is 6.61 Å². The summed E-state index contributed by atoms with van der Waals surface area (Å²) in [6.07, 6.45) is 3.53. The number of carbonyl (C=O) groups is 1. The van der Waals surface area contributed by atoms with E-state index in [9.17, 15) is 9.18 Å². The minimum absolute atomic E-state index is 0.352. The highest BCUT2D eigenvalue weighted by molar-refractivity contribution is 6.83. The molecule has 1 rings (SSSR count). The van der Waals surface area contributed by atoms with Crippen molar-refractivity contribution in [1.29, 1.82) is 0 Å². The summed E-state index contributed by atoms with van der Waals surface area (Å²) < 4.78 is 18.6. The predicted molar refractivity (Wildman–Crippen MR) is 60.9 cm³/mol. The van der Waals surface area contributed by atoms with Crippen LogP contribution in [0.2, 0.25) is 19.6 Å². The molecule has 0 aliphatic carbocycles. The smallest absolute Gasteiger partial charge is 0.366 e. The summed E-state index contributed by atoms with van der Waals surface area (Å²) in [4.78, 5) is 11.3. The number of esters is 1. The zero-order valence-electron chi connectivity index (χ0n) is 9.73. The number of halogens is 1. The van der Waals surface area contributed by atoms with Gasteiger partial charge in [0, 0.05) is 0 Å². The average Bonchev–Trinajstić information content (AvgIpc) is 2.19. The predicted octanol–water partition coefficient (Wildman–Crippen LogP) is 3.20. The molecule has 0 aromatic rings. The standard InChI is InChI=1S/C11H19FO2Si/c1-15(2,3)9-7-5-4-6-8-14-11(13)10(9)12/h4-8H2,1-3H3/b10-9+. The van der Waals surface area contributed by atoms with Crippen molar-refractivity contribution in [3.8, 4) is 0 Å². The molecule has 0 saturated heterocycles. The Balaban J connectivity index is 2.97. The molecule has 1 heterocycles. The molecule has 0 aromatic heterocycles. The Morgan fingerprint density at radius 3 is 2.47 bits per heavy atom. The first-order valence-electron chi connectivity index (χ1n) is 5.49. The zero-order valence-corrected chi connectivity index (χ0v) is 10.7. The Labute approximate surface area is 91.5 Å². The summed E-state index contributed by atoms with van der Waals surface area (Å²) in [6, 6.07) is 0. The third kappa shape index (κ3) is 3.45. The Kier molecular flexibility index (Phi) is 4.08. The van der Waals surface area contributed by atoms with Gasteiger partial charge < -0.3 is 4.74 Å².